The molecule has 1 aliphatic heterocycles. The Bertz CT molecular complexity index is 527. The molecule has 2 aromatic heterocycles. The van der Waals surface area contributed by atoms with Crippen molar-refractivity contribution >= 4 is 29.0 Å². The maximum absolute atomic E-state index is 10.6. The van der Waals surface area contributed by atoms with Gasteiger partial charge in [-0.05, 0) is 12.1 Å². The number of hydrogen-bond donors (Lipinski definition) is 0. The van der Waals surface area contributed by atoms with Gasteiger partial charge in [-0.3, -0.25) is 4.79 Å². The lowest BCUT2D eigenvalue weighted by Crippen LogP contribution is -2.14. The number of carbonyl (C=O) groups is 1. The average Bonchev–Trinajstić information content (AvgIpc) is 2.94. The standard InChI is InChI=1S/C11H8O3S2/c12-5-7-1-2-9(16-7)11-10-8(6-15-11)13-3-4-14-10/h1-2,5-6H,3-4H2. The maximum Gasteiger partial charge on any atom is 0.180 e. The van der Waals surface area contributed by atoms with E-state index < -0.39 is 0 Å². The fourth-order valence-electron chi connectivity index (χ4n) is 1.57. The first-order valence-corrected chi connectivity index (χ1v) is 6.50. The van der Waals surface area contributed by atoms with E-state index in [9.17, 15) is 4.79 Å². The lowest BCUT2D eigenvalue weighted by molar-refractivity contribution is 0.112. The van der Waals surface area contributed by atoms with Gasteiger partial charge in [0.1, 0.15) is 13.2 Å². The Morgan fingerprint density at radius 1 is 1.25 bits per heavy atom. The Balaban J connectivity index is 2.05. The Labute approximate surface area is 100 Å². The summed E-state index contributed by atoms with van der Waals surface area (Å²) >= 11 is 3.06. The number of carbonyl (C=O) groups excluding carboxylic acids is 1. The van der Waals surface area contributed by atoms with Gasteiger partial charge in [0.15, 0.2) is 17.8 Å². The van der Waals surface area contributed by atoms with Crippen LogP contribution in [0.3, 0.4) is 0 Å². The largest absolute Gasteiger partial charge is 0.485 e. The molecule has 0 amide bonds. The highest BCUT2D eigenvalue weighted by Gasteiger charge is 2.20. The van der Waals surface area contributed by atoms with Crippen LogP contribution in [0.5, 0.6) is 11.5 Å². The summed E-state index contributed by atoms with van der Waals surface area (Å²) in [6.07, 6.45) is 0.867. The first kappa shape index (κ1) is 9.86. The van der Waals surface area contributed by atoms with Crippen molar-refractivity contribution in [3.05, 3.63) is 22.4 Å². The fraction of sp³-hybridized carbons (Fsp3) is 0.182. The van der Waals surface area contributed by atoms with E-state index in [0.29, 0.717) is 13.2 Å². The summed E-state index contributed by atoms with van der Waals surface area (Å²) in [5, 5.41) is 1.95. The summed E-state index contributed by atoms with van der Waals surface area (Å²) < 4.78 is 11.1. The summed E-state index contributed by atoms with van der Waals surface area (Å²) in [5.41, 5.74) is 0. The van der Waals surface area contributed by atoms with Crippen LogP contribution >= 0.6 is 22.7 Å². The van der Waals surface area contributed by atoms with Gasteiger partial charge in [-0.1, -0.05) is 0 Å². The fourth-order valence-corrected chi connectivity index (χ4v) is 3.45. The molecule has 0 N–H and O–H groups in total. The molecular weight excluding hydrogens is 244 g/mol. The summed E-state index contributed by atoms with van der Waals surface area (Å²) in [6, 6.07) is 3.77. The van der Waals surface area contributed by atoms with Gasteiger partial charge in [0.2, 0.25) is 0 Å². The Kier molecular flexibility index (Phi) is 2.41. The maximum atomic E-state index is 10.6. The second-order valence-corrected chi connectivity index (χ2v) is 5.27. The topological polar surface area (TPSA) is 35.5 Å². The highest BCUT2D eigenvalue weighted by molar-refractivity contribution is 7.22. The summed E-state index contributed by atoms with van der Waals surface area (Å²) in [7, 11) is 0. The van der Waals surface area contributed by atoms with E-state index in [4.69, 9.17) is 9.47 Å². The zero-order chi connectivity index (χ0) is 11.0. The van der Waals surface area contributed by atoms with Gasteiger partial charge < -0.3 is 9.47 Å². The van der Waals surface area contributed by atoms with Crippen LogP contribution in [0, 0.1) is 0 Å². The molecule has 0 spiro atoms. The molecule has 0 radical (unpaired) electrons. The first-order chi connectivity index (χ1) is 7.88. The molecule has 0 aromatic carbocycles. The van der Waals surface area contributed by atoms with Crippen molar-refractivity contribution in [3.8, 4) is 21.3 Å². The predicted octanol–water partition coefficient (Wildman–Crippen LogP) is 3.06. The molecular formula is C11H8O3S2. The Morgan fingerprint density at radius 2 is 2.12 bits per heavy atom. The average molecular weight is 252 g/mol. The molecule has 0 saturated heterocycles. The molecule has 0 unspecified atom stereocenters. The molecule has 0 saturated carbocycles. The summed E-state index contributed by atoms with van der Waals surface area (Å²) in [6.45, 7) is 1.19. The third-order valence-corrected chi connectivity index (χ3v) is 4.40. The SMILES string of the molecule is O=Cc1ccc(-c2scc3c2OCCO3)s1. The number of aldehydes is 1. The summed E-state index contributed by atoms with van der Waals surface area (Å²) in [4.78, 5) is 13.5. The smallest absolute Gasteiger partial charge is 0.180 e. The van der Waals surface area contributed by atoms with E-state index in [2.05, 4.69) is 0 Å². The number of fused-ring (bicyclic) bond motifs is 1. The van der Waals surface area contributed by atoms with Crippen LogP contribution in [0.4, 0.5) is 0 Å². The molecule has 5 heteroatoms. The molecule has 3 nitrogen and oxygen atoms in total. The second-order valence-electron chi connectivity index (χ2n) is 3.27. The van der Waals surface area contributed by atoms with Crippen molar-refractivity contribution in [2.45, 2.75) is 0 Å². The van der Waals surface area contributed by atoms with Crippen molar-refractivity contribution in [1.82, 2.24) is 0 Å². The first-order valence-electron chi connectivity index (χ1n) is 4.81. The van der Waals surface area contributed by atoms with E-state index in [0.717, 1.165) is 32.4 Å². The van der Waals surface area contributed by atoms with E-state index in [1.54, 1.807) is 11.3 Å². The molecule has 82 valence electrons. The minimum Gasteiger partial charge on any atom is -0.485 e. The molecule has 0 atom stereocenters. The Hall–Kier alpha value is -1.33. The number of ether oxygens (including phenoxy) is 2. The van der Waals surface area contributed by atoms with E-state index >= 15 is 0 Å². The van der Waals surface area contributed by atoms with Crippen LogP contribution < -0.4 is 9.47 Å². The molecule has 0 aliphatic carbocycles. The number of thiophene rings is 2. The predicted molar refractivity (Wildman–Crippen MR) is 64.0 cm³/mol. The van der Waals surface area contributed by atoms with Gasteiger partial charge in [-0.15, -0.1) is 22.7 Å². The van der Waals surface area contributed by atoms with Crippen molar-refractivity contribution < 1.29 is 14.3 Å². The van der Waals surface area contributed by atoms with Crippen LogP contribution in [0.1, 0.15) is 9.67 Å². The van der Waals surface area contributed by atoms with Gasteiger partial charge in [-0.25, -0.2) is 0 Å². The lowest BCUT2D eigenvalue weighted by atomic mass is 10.3. The van der Waals surface area contributed by atoms with Gasteiger partial charge in [0.25, 0.3) is 0 Å². The van der Waals surface area contributed by atoms with E-state index in [1.165, 1.54) is 11.3 Å². The quantitative estimate of drug-likeness (QED) is 0.771. The zero-order valence-electron chi connectivity index (χ0n) is 8.26. The monoisotopic (exact) mass is 252 g/mol. The third-order valence-electron chi connectivity index (χ3n) is 2.27. The van der Waals surface area contributed by atoms with Crippen LogP contribution in [0.15, 0.2) is 17.5 Å². The molecule has 3 rings (SSSR count). The van der Waals surface area contributed by atoms with Gasteiger partial charge in [-0.2, -0.15) is 0 Å². The minimum absolute atomic E-state index is 0.586. The molecule has 16 heavy (non-hydrogen) atoms. The summed E-state index contributed by atoms with van der Waals surface area (Å²) in [5.74, 6) is 1.63. The van der Waals surface area contributed by atoms with Crippen molar-refractivity contribution in [2.24, 2.45) is 0 Å². The van der Waals surface area contributed by atoms with Crippen LogP contribution in [0.25, 0.3) is 9.75 Å². The van der Waals surface area contributed by atoms with Gasteiger partial charge >= 0.3 is 0 Å². The highest BCUT2D eigenvalue weighted by atomic mass is 32.1. The number of hydrogen-bond acceptors (Lipinski definition) is 5. The van der Waals surface area contributed by atoms with Crippen LogP contribution in [-0.4, -0.2) is 19.5 Å². The van der Waals surface area contributed by atoms with Crippen molar-refractivity contribution in [1.29, 1.82) is 0 Å². The van der Waals surface area contributed by atoms with Gasteiger partial charge in [0, 0.05) is 10.3 Å². The van der Waals surface area contributed by atoms with Crippen LogP contribution in [-0.2, 0) is 0 Å². The van der Waals surface area contributed by atoms with E-state index in [-0.39, 0.29) is 0 Å². The van der Waals surface area contributed by atoms with E-state index in [1.807, 2.05) is 17.5 Å². The van der Waals surface area contributed by atoms with Crippen molar-refractivity contribution in [2.75, 3.05) is 13.2 Å². The minimum atomic E-state index is 0.586. The molecule has 2 aromatic rings. The van der Waals surface area contributed by atoms with Crippen molar-refractivity contribution in [3.63, 3.8) is 0 Å². The normalized spacial score (nSPS) is 13.8. The number of rotatable bonds is 2. The third kappa shape index (κ3) is 1.52. The molecule has 0 fully saturated rings. The van der Waals surface area contributed by atoms with Crippen LogP contribution in [0.2, 0.25) is 0 Å². The Morgan fingerprint density at radius 3 is 2.94 bits per heavy atom. The second kappa shape index (κ2) is 3.92. The molecule has 0 bridgehead atoms. The molecule has 3 heterocycles. The lowest BCUT2D eigenvalue weighted by Gasteiger charge is -2.15. The zero-order valence-corrected chi connectivity index (χ0v) is 9.90. The molecule has 1 aliphatic rings. The highest BCUT2D eigenvalue weighted by Crippen LogP contribution is 2.47. The van der Waals surface area contributed by atoms with Gasteiger partial charge in [0.05, 0.1) is 9.75 Å².